The third-order valence-corrected chi connectivity index (χ3v) is 8.04. The van der Waals surface area contributed by atoms with Gasteiger partial charge in [-0.2, -0.15) is 13.1 Å². The standard InChI is InChI=1S/C26H33N5O4S/c1-26(2)25(33)31(36(34,35)29-26)15-12-18-10-11-22-21(16-18)20(13-14-30(3)4)23(28-22)24(32)27-17-19-8-6-5-7-9-19/h5-11,16,28-29H,12-15,17H2,1-4H3,(H,27,32). The highest BCUT2D eigenvalue weighted by Crippen LogP contribution is 2.26. The zero-order chi connectivity index (χ0) is 26.1. The van der Waals surface area contributed by atoms with Gasteiger partial charge in [-0.15, -0.1) is 0 Å². The van der Waals surface area contributed by atoms with E-state index in [1.165, 1.54) is 0 Å². The summed E-state index contributed by atoms with van der Waals surface area (Å²) < 4.78 is 28.1. The fraction of sp³-hybridized carbons (Fsp3) is 0.385. The summed E-state index contributed by atoms with van der Waals surface area (Å²) >= 11 is 0. The number of carbonyl (C=O) groups is 2. The number of hydrogen-bond acceptors (Lipinski definition) is 5. The maximum absolute atomic E-state index is 13.1. The van der Waals surface area contributed by atoms with Crippen molar-refractivity contribution in [3.05, 3.63) is 70.9 Å². The molecular weight excluding hydrogens is 478 g/mol. The highest BCUT2D eigenvalue weighted by molar-refractivity contribution is 7.88. The van der Waals surface area contributed by atoms with Gasteiger partial charge in [0, 0.05) is 30.5 Å². The summed E-state index contributed by atoms with van der Waals surface area (Å²) in [6, 6.07) is 15.5. The lowest BCUT2D eigenvalue weighted by Crippen LogP contribution is -2.40. The second-order valence-corrected chi connectivity index (χ2v) is 11.5. The molecule has 3 aromatic rings. The number of aromatic amines is 1. The van der Waals surface area contributed by atoms with Crippen LogP contribution in [-0.4, -0.2) is 67.1 Å². The van der Waals surface area contributed by atoms with Crippen LogP contribution in [0.1, 0.15) is 41.0 Å². The first kappa shape index (κ1) is 25.9. The molecule has 1 saturated heterocycles. The number of likely N-dealkylation sites (N-methyl/N-ethyl adjacent to an activating group) is 1. The molecule has 0 radical (unpaired) electrons. The van der Waals surface area contributed by atoms with Crippen LogP contribution in [0.15, 0.2) is 48.5 Å². The molecule has 192 valence electrons. The zero-order valence-corrected chi connectivity index (χ0v) is 21.9. The van der Waals surface area contributed by atoms with Crippen molar-refractivity contribution in [1.29, 1.82) is 0 Å². The van der Waals surface area contributed by atoms with E-state index in [0.717, 1.165) is 38.4 Å². The van der Waals surface area contributed by atoms with Gasteiger partial charge in [0.1, 0.15) is 11.2 Å². The van der Waals surface area contributed by atoms with Gasteiger partial charge >= 0.3 is 10.2 Å². The molecule has 4 rings (SSSR count). The van der Waals surface area contributed by atoms with E-state index in [1.54, 1.807) is 13.8 Å². The van der Waals surface area contributed by atoms with E-state index in [9.17, 15) is 18.0 Å². The van der Waals surface area contributed by atoms with Crippen molar-refractivity contribution >= 4 is 32.9 Å². The molecule has 1 aliphatic heterocycles. The van der Waals surface area contributed by atoms with Crippen molar-refractivity contribution in [2.75, 3.05) is 27.2 Å². The number of nitrogens with one attached hydrogen (secondary N) is 3. The lowest BCUT2D eigenvalue weighted by atomic mass is 10.0. The molecule has 1 aliphatic rings. The Morgan fingerprint density at radius 2 is 1.78 bits per heavy atom. The molecule has 2 heterocycles. The lowest BCUT2D eigenvalue weighted by molar-refractivity contribution is -0.129. The summed E-state index contributed by atoms with van der Waals surface area (Å²) in [5.41, 5.74) is 3.04. The summed E-state index contributed by atoms with van der Waals surface area (Å²) in [5.74, 6) is -0.637. The Kier molecular flexibility index (Phi) is 7.21. The molecule has 2 aromatic carbocycles. The molecule has 1 fully saturated rings. The van der Waals surface area contributed by atoms with E-state index in [1.807, 2.05) is 62.6 Å². The van der Waals surface area contributed by atoms with Crippen molar-refractivity contribution in [2.24, 2.45) is 0 Å². The Morgan fingerprint density at radius 3 is 2.42 bits per heavy atom. The Balaban J connectivity index is 1.58. The maximum atomic E-state index is 13.1. The summed E-state index contributed by atoms with van der Waals surface area (Å²) in [4.78, 5) is 31.0. The molecule has 2 amide bonds. The summed E-state index contributed by atoms with van der Waals surface area (Å²) in [6.07, 6.45) is 1.04. The van der Waals surface area contributed by atoms with Crippen molar-refractivity contribution < 1.29 is 18.0 Å². The van der Waals surface area contributed by atoms with Crippen molar-refractivity contribution in [1.82, 2.24) is 24.2 Å². The molecule has 0 saturated carbocycles. The Hall–Kier alpha value is -3.21. The third kappa shape index (κ3) is 5.45. The molecule has 0 spiro atoms. The van der Waals surface area contributed by atoms with Gasteiger partial charge in [0.05, 0.1) is 0 Å². The van der Waals surface area contributed by atoms with Crippen LogP contribution in [0.5, 0.6) is 0 Å². The first-order valence-corrected chi connectivity index (χ1v) is 13.4. The molecule has 0 unspecified atom stereocenters. The lowest BCUT2D eigenvalue weighted by Gasteiger charge is -2.15. The van der Waals surface area contributed by atoms with Gasteiger partial charge in [-0.3, -0.25) is 9.59 Å². The summed E-state index contributed by atoms with van der Waals surface area (Å²) in [7, 11) is 0.119. The second-order valence-electron chi connectivity index (χ2n) is 9.94. The summed E-state index contributed by atoms with van der Waals surface area (Å²) in [5, 5.41) is 3.93. The van der Waals surface area contributed by atoms with Gasteiger partial charge in [-0.25, -0.2) is 4.31 Å². The number of hydrogen-bond donors (Lipinski definition) is 3. The highest BCUT2D eigenvalue weighted by Gasteiger charge is 2.48. The molecule has 0 bridgehead atoms. The fourth-order valence-electron chi connectivity index (χ4n) is 4.40. The molecule has 1 aromatic heterocycles. The predicted octanol–water partition coefficient (Wildman–Crippen LogP) is 2.20. The zero-order valence-electron chi connectivity index (χ0n) is 21.1. The van der Waals surface area contributed by atoms with Gasteiger partial charge in [-0.05, 0) is 69.6 Å². The first-order valence-electron chi connectivity index (χ1n) is 11.9. The smallest absolute Gasteiger partial charge is 0.304 e. The van der Waals surface area contributed by atoms with E-state index in [4.69, 9.17) is 0 Å². The van der Waals surface area contributed by atoms with Crippen molar-refractivity contribution in [3.63, 3.8) is 0 Å². The number of aromatic nitrogens is 1. The molecule has 0 aliphatic carbocycles. The number of benzene rings is 2. The molecule has 10 heteroatoms. The minimum Gasteiger partial charge on any atom is -0.350 e. The van der Waals surface area contributed by atoms with Crippen molar-refractivity contribution in [3.8, 4) is 0 Å². The van der Waals surface area contributed by atoms with Crippen LogP contribution < -0.4 is 10.0 Å². The van der Waals surface area contributed by atoms with E-state index in [2.05, 4.69) is 19.9 Å². The van der Waals surface area contributed by atoms with E-state index >= 15 is 0 Å². The van der Waals surface area contributed by atoms with Gasteiger partial charge < -0.3 is 15.2 Å². The molecule has 36 heavy (non-hydrogen) atoms. The minimum atomic E-state index is -3.85. The monoisotopic (exact) mass is 511 g/mol. The molecule has 3 N–H and O–H groups in total. The second kappa shape index (κ2) is 10.0. The topological polar surface area (TPSA) is 115 Å². The Labute approximate surface area is 212 Å². The van der Waals surface area contributed by atoms with Crippen LogP contribution in [0.4, 0.5) is 0 Å². The Bertz CT molecular complexity index is 1380. The Morgan fingerprint density at radius 1 is 1.06 bits per heavy atom. The largest absolute Gasteiger partial charge is 0.350 e. The fourth-order valence-corrected chi connectivity index (χ4v) is 6.02. The van der Waals surface area contributed by atoms with Gasteiger partial charge in [0.25, 0.3) is 11.8 Å². The first-order chi connectivity index (χ1) is 17.0. The number of carbonyl (C=O) groups excluding carboxylic acids is 2. The number of amides is 2. The van der Waals surface area contributed by atoms with Crippen LogP contribution in [0.3, 0.4) is 0 Å². The quantitative estimate of drug-likeness (QED) is 0.408. The highest BCUT2D eigenvalue weighted by atomic mass is 32.2. The van der Waals surface area contributed by atoms with E-state index in [0.29, 0.717) is 25.1 Å². The van der Waals surface area contributed by atoms with Crippen LogP contribution >= 0.6 is 0 Å². The maximum Gasteiger partial charge on any atom is 0.304 e. The molecule has 9 nitrogen and oxygen atoms in total. The SMILES string of the molecule is CN(C)CCc1c(C(=O)NCc2ccccc2)[nH]c2ccc(CCN3C(=O)C(C)(C)NS3(=O)=O)cc12. The van der Waals surface area contributed by atoms with E-state index in [-0.39, 0.29) is 12.5 Å². The average Bonchev–Trinajstić information content (AvgIpc) is 3.25. The van der Waals surface area contributed by atoms with Crippen LogP contribution in [0, 0.1) is 0 Å². The normalized spacial score (nSPS) is 16.7. The molecule has 0 atom stereocenters. The number of fused-ring (bicyclic) bond motifs is 1. The minimum absolute atomic E-state index is 0.0466. The van der Waals surface area contributed by atoms with Gasteiger partial charge in [0.2, 0.25) is 0 Å². The number of rotatable bonds is 9. The molecular formula is C26H33N5O4S. The van der Waals surface area contributed by atoms with Crippen LogP contribution in [0.25, 0.3) is 10.9 Å². The van der Waals surface area contributed by atoms with Crippen LogP contribution in [0.2, 0.25) is 0 Å². The number of H-pyrrole nitrogens is 1. The summed E-state index contributed by atoms with van der Waals surface area (Å²) in [6.45, 7) is 4.35. The van der Waals surface area contributed by atoms with Gasteiger partial charge in [-0.1, -0.05) is 36.4 Å². The predicted molar refractivity (Wildman–Crippen MR) is 140 cm³/mol. The van der Waals surface area contributed by atoms with Crippen LogP contribution in [-0.2, 0) is 34.4 Å². The van der Waals surface area contributed by atoms with Crippen molar-refractivity contribution in [2.45, 2.75) is 38.8 Å². The van der Waals surface area contributed by atoms with Gasteiger partial charge in [0.15, 0.2) is 0 Å². The number of nitrogens with zero attached hydrogens (tertiary/aromatic N) is 2. The average molecular weight is 512 g/mol. The third-order valence-electron chi connectivity index (χ3n) is 6.34. The van der Waals surface area contributed by atoms with E-state index < -0.39 is 21.7 Å².